The summed E-state index contributed by atoms with van der Waals surface area (Å²) < 4.78 is 2.83. The van der Waals surface area contributed by atoms with E-state index in [4.69, 9.17) is 12.2 Å². The maximum absolute atomic E-state index is 5.44. The fraction of sp³-hybridized carbons (Fsp3) is 0.118. The molecule has 0 spiro atoms. The molecule has 1 N–H and O–H groups in total. The van der Waals surface area contributed by atoms with Gasteiger partial charge in [-0.15, -0.1) is 0 Å². The van der Waals surface area contributed by atoms with Gasteiger partial charge in [0, 0.05) is 0 Å². The van der Waals surface area contributed by atoms with E-state index < -0.39 is 0 Å². The van der Waals surface area contributed by atoms with Gasteiger partial charge in [0.05, 0.1) is 12.2 Å². The molecule has 1 aromatic heterocycles. The normalized spacial score (nSPS) is 10.7. The Bertz CT molecular complexity index is 769. The molecule has 0 radical (unpaired) electrons. The van der Waals surface area contributed by atoms with Gasteiger partial charge in [-0.3, -0.25) is 9.78 Å². The van der Waals surface area contributed by atoms with Gasteiger partial charge in [-0.2, -0.15) is 0 Å². The van der Waals surface area contributed by atoms with Crippen LogP contribution in [0.1, 0.15) is 11.1 Å². The largest absolute Gasteiger partial charge is 0.297 e. The monoisotopic (exact) mass is 280 g/mol. The van der Waals surface area contributed by atoms with Crippen LogP contribution in [0.5, 0.6) is 0 Å². The van der Waals surface area contributed by atoms with Crippen molar-refractivity contribution in [3.05, 3.63) is 76.4 Å². The summed E-state index contributed by atoms with van der Waals surface area (Å²) >= 11 is 5.44. The van der Waals surface area contributed by atoms with Gasteiger partial charge >= 0.3 is 0 Å². The Hall–Kier alpha value is -2.13. The number of hydrogen-bond donors (Lipinski definition) is 1. The van der Waals surface area contributed by atoms with Gasteiger partial charge in [0.1, 0.15) is 4.64 Å². The summed E-state index contributed by atoms with van der Waals surface area (Å²) in [7, 11) is 0. The zero-order valence-corrected chi connectivity index (χ0v) is 12.2. The third-order valence-corrected chi connectivity index (χ3v) is 3.64. The van der Waals surface area contributed by atoms with Gasteiger partial charge in [0.25, 0.3) is 0 Å². The van der Waals surface area contributed by atoms with Crippen LogP contribution in [0.3, 0.4) is 0 Å². The number of aromatic nitrogens is 2. The van der Waals surface area contributed by atoms with Crippen molar-refractivity contribution in [1.82, 2.24) is 9.78 Å². The number of aryl methyl sites for hydroxylation is 1. The predicted octanol–water partition coefficient (Wildman–Crippen LogP) is 4.57. The Labute approximate surface area is 123 Å². The third-order valence-electron chi connectivity index (χ3n) is 3.30. The van der Waals surface area contributed by atoms with E-state index in [2.05, 4.69) is 48.4 Å². The van der Waals surface area contributed by atoms with Crippen LogP contribution in [-0.2, 0) is 6.54 Å². The average molecular weight is 280 g/mol. The molecule has 2 nitrogen and oxygen atoms in total. The zero-order chi connectivity index (χ0) is 13.9. The molecular formula is C17H16N2S. The quantitative estimate of drug-likeness (QED) is 0.697. The molecule has 1 heterocycles. The lowest BCUT2D eigenvalue weighted by Gasteiger charge is -2.05. The number of aromatic amines is 1. The minimum Gasteiger partial charge on any atom is -0.297 e. The van der Waals surface area contributed by atoms with Gasteiger partial charge in [0.2, 0.25) is 0 Å². The van der Waals surface area contributed by atoms with E-state index in [9.17, 15) is 0 Å². The molecule has 0 amide bonds. The summed E-state index contributed by atoms with van der Waals surface area (Å²) in [5.74, 6) is 0. The fourth-order valence-corrected chi connectivity index (χ4v) is 2.54. The molecule has 3 heteroatoms. The summed E-state index contributed by atoms with van der Waals surface area (Å²) in [5.41, 5.74) is 4.73. The van der Waals surface area contributed by atoms with E-state index in [0.717, 1.165) is 22.4 Å². The number of nitrogens with one attached hydrogen (secondary N) is 1. The number of H-pyrrole nitrogens is 1. The third kappa shape index (κ3) is 2.73. The summed E-state index contributed by atoms with van der Waals surface area (Å²) in [5, 5.41) is 3.38. The van der Waals surface area contributed by atoms with E-state index in [0.29, 0.717) is 0 Å². The Morgan fingerprint density at radius 1 is 1.00 bits per heavy atom. The molecule has 0 saturated carbocycles. The van der Waals surface area contributed by atoms with Crippen LogP contribution in [0.15, 0.2) is 60.7 Å². The molecule has 0 bridgehead atoms. The van der Waals surface area contributed by atoms with Gasteiger partial charge in [0.15, 0.2) is 0 Å². The lowest BCUT2D eigenvalue weighted by Crippen LogP contribution is -2.02. The lowest BCUT2D eigenvalue weighted by atomic mass is 10.1. The number of rotatable bonds is 3. The summed E-state index contributed by atoms with van der Waals surface area (Å²) in [4.78, 5) is 0. The van der Waals surface area contributed by atoms with Crippen molar-refractivity contribution in [1.29, 1.82) is 0 Å². The van der Waals surface area contributed by atoms with E-state index >= 15 is 0 Å². The summed E-state index contributed by atoms with van der Waals surface area (Å²) in [6.45, 7) is 2.88. The van der Waals surface area contributed by atoms with Crippen molar-refractivity contribution < 1.29 is 0 Å². The van der Waals surface area contributed by atoms with Gasteiger partial charge < -0.3 is 0 Å². The van der Waals surface area contributed by atoms with Crippen LogP contribution >= 0.6 is 12.2 Å². The molecule has 0 atom stereocenters. The second kappa shape index (κ2) is 5.47. The molecular weight excluding hydrogens is 264 g/mol. The SMILES string of the molecule is Cc1cccc(Cn2[nH]c(-c3ccccc3)cc2=S)c1. The minimum absolute atomic E-state index is 0.771. The molecule has 20 heavy (non-hydrogen) atoms. The van der Waals surface area contributed by atoms with E-state index in [-0.39, 0.29) is 0 Å². The topological polar surface area (TPSA) is 20.7 Å². The van der Waals surface area contributed by atoms with Gasteiger partial charge in [-0.05, 0) is 24.1 Å². The van der Waals surface area contributed by atoms with Crippen LogP contribution in [0.4, 0.5) is 0 Å². The fourth-order valence-electron chi connectivity index (χ4n) is 2.31. The van der Waals surface area contributed by atoms with Crippen molar-refractivity contribution in [3.63, 3.8) is 0 Å². The average Bonchev–Trinajstić information content (AvgIpc) is 2.81. The summed E-state index contributed by atoms with van der Waals surface area (Å²) in [6, 6.07) is 20.7. The minimum atomic E-state index is 0.771. The molecule has 0 unspecified atom stereocenters. The Balaban J connectivity index is 1.92. The van der Waals surface area contributed by atoms with Gasteiger partial charge in [-0.1, -0.05) is 72.4 Å². The predicted molar refractivity (Wildman–Crippen MR) is 85.3 cm³/mol. The standard InChI is InChI=1S/C17H16N2S/c1-13-6-5-7-14(10-13)12-19-17(20)11-16(18-19)15-8-3-2-4-9-15/h2-11,18H,12H2,1H3. The van der Waals surface area contributed by atoms with Crippen molar-refractivity contribution in [2.75, 3.05) is 0 Å². The first kappa shape index (κ1) is 12.9. The Morgan fingerprint density at radius 3 is 2.55 bits per heavy atom. The highest BCUT2D eigenvalue weighted by atomic mass is 32.1. The van der Waals surface area contributed by atoms with Crippen LogP contribution in [0.25, 0.3) is 11.3 Å². The molecule has 0 aliphatic carbocycles. The van der Waals surface area contributed by atoms with Crippen LogP contribution < -0.4 is 0 Å². The maximum atomic E-state index is 5.44. The van der Waals surface area contributed by atoms with Crippen LogP contribution in [-0.4, -0.2) is 9.78 Å². The summed E-state index contributed by atoms with van der Waals surface area (Å²) in [6.07, 6.45) is 0. The lowest BCUT2D eigenvalue weighted by molar-refractivity contribution is 0.680. The number of nitrogens with zero attached hydrogens (tertiary/aromatic N) is 1. The Morgan fingerprint density at radius 2 is 1.80 bits per heavy atom. The highest BCUT2D eigenvalue weighted by Crippen LogP contribution is 2.17. The highest BCUT2D eigenvalue weighted by Gasteiger charge is 2.03. The number of benzene rings is 2. The van der Waals surface area contributed by atoms with Crippen LogP contribution in [0, 0.1) is 11.6 Å². The molecule has 2 aromatic carbocycles. The van der Waals surface area contributed by atoms with E-state index in [1.165, 1.54) is 11.1 Å². The molecule has 0 aliphatic rings. The van der Waals surface area contributed by atoms with Crippen molar-refractivity contribution >= 4 is 12.2 Å². The van der Waals surface area contributed by atoms with E-state index in [1.54, 1.807) is 0 Å². The molecule has 3 aromatic rings. The number of hydrogen-bond acceptors (Lipinski definition) is 1. The first-order valence-corrected chi connectivity index (χ1v) is 7.04. The maximum Gasteiger partial charge on any atom is 0.122 e. The van der Waals surface area contributed by atoms with Crippen molar-refractivity contribution in [3.8, 4) is 11.3 Å². The molecule has 3 rings (SSSR count). The molecule has 0 saturated heterocycles. The van der Waals surface area contributed by atoms with Crippen molar-refractivity contribution in [2.45, 2.75) is 13.5 Å². The zero-order valence-electron chi connectivity index (χ0n) is 11.3. The molecule has 0 fully saturated rings. The second-order valence-electron chi connectivity index (χ2n) is 4.95. The first-order valence-electron chi connectivity index (χ1n) is 6.63. The molecule has 0 aliphatic heterocycles. The van der Waals surface area contributed by atoms with Crippen molar-refractivity contribution in [2.24, 2.45) is 0 Å². The Kier molecular flexibility index (Phi) is 3.52. The second-order valence-corrected chi connectivity index (χ2v) is 5.37. The first-order chi connectivity index (χ1) is 9.72. The van der Waals surface area contributed by atoms with Gasteiger partial charge in [-0.25, -0.2) is 0 Å². The highest BCUT2D eigenvalue weighted by molar-refractivity contribution is 7.71. The smallest absolute Gasteiger partial charge is 0.122 e. The van der Waals surface area contributed by atoms with Crippen LogP contribution in [0.2, 0.25) is 0 Å². The molecule has 100 valence electrons. The van der Waals surface area contributed by atoms with E-state index in [1.807, 2.05) is 28.9 Å².